The van der Waals surface area contributed by atoms with Gasteiger partial charge in [0.2, 0.25) is 0 Å². The van der Waals surface area contributed by atoms with E-state index in [1.54, 1.807) is 0 Å². The predicted octanol–water partition coefficient (Wildman–Crippen LogP) is 1.09. The lowest BCUT2D eigenvalue weighted by atomic mass is 10.2. The largest absolute Gasteiger partial charge is 0.380 e. The van der Waals surface area contributed by atoms with Crippen LogP contribution >= 0.6 is 0 Å². The van der Waals surface area contributed by atoms with E-state index in [0.717, 1.165) is 38.4 Å². The molecule has 0 aliphatic carbocycles. The van der Waals surface area contributed by atoms with E-state index in [0.29, 0.717) is 6.04 Å². The van der Waals surface area contributed by atoms with Gasteiger partial charge in [-0.05, 0) is 26.3 Å². The molecule has 1 N–H and O–H groups in total. The van der Waals surface area contributed by atoms with Crippen molar-refractivity contribution >= 4 is 0 Å². The molecule has 4 heteroatoms. The number of hydrogen-bond donors (Lipinski definition) is 1. The number of ether oxygens (including phenoxy) is 1. The van der Waals surface area contributed by atoms with E-state index < -0.39 is 0 Å². The number of hydrogen-bond acceptors (Lipinski definition) is 3. The highest BCUT2D eigenvalue weighted by Gasteiger charge is 2.15. The van der Waals surface area contributed by atoms with Crippen LogP contribution in [0.3, 0.4) is 0 Å². The zero-order valence-electron chi connectivity index (χ0n) is 9.49. The third-order valence-corrected chi connectivity index (χ3v) is 2.79. The van der Waals surface area contributed by atoms with E-state index in [1.165, 1.54) is 5.69 Å². The summed E-state index contributed by atoms with van der Waals surface area (Å²) in [6, 6.07) is 2.66. The van der Waals surface area contributed by atoms with Gasteiger partial charge in [-0.25, -0.2) is 0 Å². The molecule has 0 amide bonds. The lowest BCUT2D eigenvalue weighted by molar-refractivity contribution is 0.189. The van der Waals surface area contributed by atoms with Crippen molar-refractivity contribution < 1.29 is 4.74 Å². The summed E-state index contributed by atoms with van der Waals surface area (Å²) in [5.74, 6) is 0. The minimum atomic E-state index is 0.519. The zero-order valence-corrected chi connectivity index (χ0v) is 9.49. The highest BCUT2D eigenvalue weighted by atomic mass is 16.5. The van der Waals surface area contributed by atoms with Gasteiger partial charge in [0.1, 0.15) is 0 Å². The Morgan fingerprint density at radius 3 is 3.20 bits per heavy atom. The minimum absolute atomic E-state index is 0.519. The fourth-order valence-electron chi connectivity index (χ4n) is 1.96. The molecule has 1 aromatic heterocycles. The molecule has 0 bridgehead atoms. The first-order valence-corrected chi connectivity index (χ1v) is 5.64. The van der Waals surface area contributed by atoms with Crippen LogP contribution < -0.4 is 5.32 Å². The van der Waals surface area contributed by atoms with Gasteiger partial charge in [-0.3, -0.25) is 4.68 Å². The molecule has 1 aliphatic heterocycles. The molecule has 2 heterocycles. The van der Waals surface area contributed by atoms with Crippen LogP contribution in [0.4, 0.5) is 0 Å². The Balaban J connectivity index is 1.91. The fourth-order valence-corrected chi connectivity index (χ4v) is 1.96. The van der Waals surface area contributed by atoms with Crippen molar-refractivity contribution in [2.75, 3.05) is 13.2 Å². The van der Waals surface area contributed by atoms with Crippen molar-refractivity contribution in [1.82, 2.24) is 15.1 Å². The van der Waals surface area contributed by atoms with Crippen molar-refractivity contribution in [2.24, 2.45) is 0 Å². The van der Waals surface area contributed by atoms with Crippen molar-refractivity contribution in [3.05, 3.63) is 17.5 Å². The van der Waals surface area contributed by atoms with Crippen LogP contribution in [0.2, 0.25) is 0 Å². The molecule has 0 aromatic carbocycles. The zero-order chi connectivity index (χ0) is 10.7. The van der Waals surface area contributed by atoms with Crippen LogP contribution in [-0.2, 0) is 17.8 Å². The average molecular weight is 209 g/mol. The number of aromatic nitrogens is 2. The summed E-state index contributed by atoms with van der Waals surface area (Å²) in [5, 5.41) is 7.92. The second-order valence-corrected chi connectivity index (χ2v) is 4.03. The molecule has 0 spiro atoms. The molecule has 1 fully saturated rings. The second kappa shape index (κ2) is 4.77. The van der Waals surface area contributed by atoms with Gasteiger partial charge in [0.05, 0.1) is 18.0 Å². The number of nitrogens with one attached hydrogen (secondary N) is 1. The number of aryl methyl sites for hydroxylation is 2. The van der Waals surface area contributed by atoms with E-state index in [9.17, 15) is 0 Å². The monoisotopic (exact) mass is 209 g/mol. The molecule has 1 saturated heterocycles. The van der Waals surface area contributed by atoms with E-state index in [4.69, 9.17) is 4.74 Å². The topological polar surface area (TPSA) is 39.1 Å². The first-order chi connectivity index (χ1) is 7.29. The lowest BCUT2D eigenvalue weighted by Crippen LogP contribution is -2.29. The first-order valence-electron chi connectivity index (χ1n) is 5.64. The second-order valence-electron chi connectivity index (χ2n) is 4.03. The van der Waals surface area contributed by atoms with E-state index in [1.807, 2.05) is 6.92 Å². The van der Waals surface area contributed by atoms with Crippen molar-refractivity contribution in [3.8, 4) is 0 Å². The van der Waals surface area contributed by atoms with Crippen LogP contribution in [-0.4, -0.2) is 29.0 Å². The van der Waals surface area contributed by atoms with Gasteiger partial charge in [0.15, 0.2) is 0 Å². The van der Waals surface area contributed by atoms with Gasteiger partial charge in [-0.1, -0.05) is 0 Å². The summed E-state index contributed by atoms with van der Waals surface area (Å²) in [7, 11) is 0. The molecule has 0 radical (unpaired) electrons. The Bertz CT molecular complexity index is 316. The average Bonchev–Trinajstić information content (AvgIpc) is 2.83. The van der Waals surface area contributed by atoms with Crippen LogP contribution in [0.25, 0.3) is 0 Å². The normalized spacial score (nSPS) is 21.1. The minimum Gasteiger partial charge on any atom is -0.380 e. The first kappa shape index (κ1) is 10.6. The Kier molecular flexibility index (Phi) is 3.38. The molecule has 15 heavy (non-hydrogen) atoms. The molecule has 1 unspecified atom stereocenters. The van der Waals surface area contributed by atoms with Gasteiger partial charge in [0.25, 0.3) is 0 Å². The van der Waals surface area contributed by atoms with Crippen molar-refractivity contribution in [3.63, 3.8) is 0 Å². The highest BCUT2D eigenvalue weighted by molar-refractivity contribution is 5.08. The summed E-state index contributed by atoms with van der Waals surface area (Å²) in [6.45, 7) is 7.72. The standard InChI is InChI=1S/C11H19N3O/c1-3-14-11(6-9(2)13-14)7-12-10-4-5-15-8-10/h6,10,12H,3-5,7-8H2,1-2H3. The van der Waals surface area contributed by atoms with Crippen LogP contribution in [0, 0.1) is 6.92 Å². The SMILES string of the molecule is CCn1nc(C)cc1CNC1CCOC1. The summed E-state index contributed by atoms with van der Waals surface area (Å²) in [4.78, 5) is 0. The van der Waals surface area contributed by atoms with Gasteiger partial charge in [0, 0.05) is 25.7 Å². The van der Waals surface area contributed by atoms with Crippen LogP contribution in [0.15, 0.2) is 6.07 Å². The summed E-state index contributed by atoms with van der Waals surface area (Å²) < 4.78 is 7.38. The molecular formula is C11H19N3O. The lowest BCUT2D eigenvalue weighted by Gasteiger charge is -2.10. The quantitative estimate of drug-likeness (QED) is 0.807. The molecule has 1 aliphatic rings. The van der Waals surface area contributed by atoms with Gasteiger partial charge >= 0.3 is 0 Å². The molecule has 2 rings (SSSR count). The van der Waals surface area contributed by atoms with E-state index in [-0.39, 0.29) is 0 Å². The summed E-state index contributed by atoms with van der Waals surface area (Å²) in [6.07, 6.45) is 1.12. The molecule has 1 aromatic rings. The highest BCUT2D eigenvalue weighted by Crippen LogP contribution is 2.07. The van der Waals surface area contributed by atoms with Crippen LogP contribution in [0.1, 0.15) is 24.7 Å². The molecular weight excluding hydrogens is 190 g/mol. The maximum atomic E-state index is 5.32. The van der Waals surface area contributed by atoms with Gasteiger partial charge in [-0.15, -0.1) is 0 Å². The van der Waals surface area contributed by atoms with Crippen molar-refractivity contribution in [2.45, 2.75) is 39.4 Å². The molecule has 84 valence electrons. The van der Waals surface area contributed by atoms with E-state index >= 15 is 0 Å². The summed E-state index contributed by atoms with van der Waals surface area (Å²) in [5.41, 5.74) is 2.36. The number of rotatable bonds is 4. The van der Waals surface area contributed by atoms with Crippen molar-refractivity contribution in [1.29, 1.82) is 0 Å². The predicted molar refractivity (Wildman–Crippen MR) is 58.7 cm³/mol. The molecule has 4 nitrogen and oxygen atoms in total. The Morgan fingerprint density at radius 2 is 2.53 bits per heavy atom. The summed E-state index contributed by atoms with van der Waals surface area (Å²) >= 11 is 0. The molecule has 1 atom stereocenters. The van der Waals surface area contributed by atoms with E-state index in [2.05, 4.69) is 28.1 Å². The third-order valence-electron chi connectivity index (χ3n) is 2.79. The third kappa shape index (κ3) is 2.58. The van der Waals surface area contributed by atoms with Gasteiger partial charge in [-0.2, -0.15) is 5.10 Å². The Morgan fingerprint density at radius 1 is 1.67 bits per heavy atom. The smallest absolute Gasteiger partial charge is 0.0620 e. The maximum Gasteiger partial charge on any atom is 0.0620 e. The molecule has 0 saturated carbocycles. The van der Waals surface area contributed by atoms with Gasteiger partial charge < -0.3 is 10.1 Å². The number of nitrogens with zero attached hydrogens (tertiary/aromatic N) is 2. The Hall–Kier alpha value is -0.870. The fraction of sp³-hybridized carbons (Fsp3) is 0.727. The Labute approximate surface area is 90.6 Å². The van der Waals surface area contributed by atoms with Crippen LogP contribution in [0.5, 0.6) is 0 Å². The maximum absolute atomic E-state index is 5.32.